The SMILES string of the molecule is CC(CO)CSc1ccc(C(N)=NO)cc1. The topological polar surface area (TPSA) is 78.8 Å². The van der Waals surface area contributed by atoms with E-state index in [0.29, 0.717) is 5.56 Å². The fraction of sp³-hybridized carbons (Fsp3) is 0.364. The number of nitrogens with two attached hydrogens (primary N) is 1. The van der Waals surface area contributed by atoms with Gasteiger partial charge in [0.05, 0.1) is 0 Å². The monoisotopic (exact) mass is 240 g/mol. The molecule has 1 atom stereocenters. The van der Waals surface area contributed by atoms with Crippen molar-refractivity contribution < 1.29 is 10.3 Å². The summed E-state index contributed by atoms with van der Waals surface area (Å²) < 4.78 is 0. The van der Waals surface area contributed by atoms with E-state index in [-0.39, 0.29) is 18.4 Å². The molecule has 0 saturated carbocycles. The minimum Gasteiger partial charge on any atom is -0.409 e. The zero-order valence-corrected chi connectivity index (χ0v) is 9.94. The highest BCUT2D eigenvalue weighted by atomic mass is 32.2. The van der Waals surface area contributed by atoms with Crippen molar-refractivity contribution >= 4 is 17.6 Å². The van der Waals surface area contributed by atoms with Crippen LogP contribution in [0.1, 0.15) is 12.5 Å². The number of thioether (sulfide) groups is 1. The van der Waals surface area contributed by atoms with Gasteiger partial charge in [0.25, 0.3) is 0 Å². The molecule has 1 unspecified atom stereocenters. The van der Waals surface area contributed by atoms with Crippen molar-refractivity contribution in [3.63, 3.8) is 0 Å². The summed E-state index contributed by atoms with van der Waals surface area (Å²) >= 11 is 1.68. The fourth-order valence-corrected chi connectivity index (χ4v) is 1.98. The molecule has 0 aliphatic heterocycles. The van der Waals surface area contributed by atoms with E-state index in [4.69, 9.17) is 16.0 Å². The molecule has 0 saturated heterocycles. The second-order valence-corrected chi connectivity index (χ2v) is 4.70. The lowest BCUT2D eigenvalue weighted by atomic mass is 10.2. The molecule has 0 radical (unpaired) electrons. The van der Waals surface area contributed by atoms with Crippen LogP contribution in [0.2, 0.25) is 0 Å². The number of amidine groups is 1. The van der Waals surface area contributed by atoms with Crippen LogP contribution in [0.3, 0.4) is 0 Å². The predicted octanol–water partition coefficient (Wildman–Crippen LogP) is 1.50. The molecule has 0 bridgehead atoms. The summed E-state index contributed by atoms with van der Waals surface area (Å²) in [7, 11) is 0. The third-order valence-corrected chi connectivity index (χ3v) is 3.45. The largest absolute Gasteiger partial charge is 0.409 e. The average molecular weight is 240 g/mol. The molecular weight excluding hydrogens is 224 g/mol. The van der Waals surface area contributed by atoms with Gasteiger partial charge in [-0.25, -0.2) is 0 Å². The lowest BCUT2D eigenvalue weighted by Gasteiger charge is -2.07. The first-order valence-electron chi connectivity index (χ1n) is 4.99. The Morgan fingerprint density at radius 3 is 2.56 bits per heavy atom. The van der Waals surface area contributed by atoms with Gasteiger partial charge in [-0.15, -0.1) is 11.8 Å². The molecule has 4 N–H and O–H groups in total. The number of oxime groups is 1. The van der Waals surface area contributed by atoms with Crippen LogP contribution in [0.15, 0.2) is 34.3 Å². The van der Waals surface area contributed by atoms with Crippen molar-refractivity contribution in [3.8, 4) is 0 Å². The van der Waals surface area contributed by atoms with Gasteiger partial charge in [-0.05, 0) is 18.1 Å². The highest BCUT2D eigenvalue weighted by Gasteiger charge is 2.02. The van der Waals surface area contributed by atoms with Crippen molar-refractivity contribution in [2.45, 2.75) is 11.8 Å². The first-order valence-corrected chi connectivity index (χ1v) is 5.97. The highest BCUT2D eigenvalue weighted by molar-refractivity contribution is 7.99. The van der Waals surface area contributed by atoms with Crippen LogP contribution in [0, 0.1) is 5.92 Å². The number of aliphatic hydroxyl groups excluding tert-OH is 1. The molecule has 0 aliphatic carbocycles. The second kappa shape index (κ2) is 6.40. The molecule has 1 aromatic carbocycles. The van der Waals surface area contributed by atoms with Gasteiger partial charge in [0.15, 0.2) is 5.84 Å². The van der Waals surface area contributed by atoms with Crippen LogP contribution in [0.25, 0.3) is 0 Å². The van der Waals surface area contributed by atoms with E-state index >= 15 is 0 Å². The average Bonchev–Trinajstić information content (AvgIpc) is 2.35. The molecule has 1 aromatic rings. The molecule has 88 valence electrons. The van der Waals surface area contributed by atoms with E-state index in [1.165, 1.54) is 0 Å². The maximum Gasteiger partial charge on any atom is 0.170 e. The molecular formula is C11H16N2O2S. The Morgan fingerprint density at radius 1 is 1.44 bits per heavy atom. The zero-order chi connectivity index (χ0) is 12.0. The van der Waals surface area contributed by atoms with Gasteiger partial charge in [0, 0.05) is 22.8 Å². The first kappa shape index (κ1) is 12.9. The Morgan fingerprint density at radius 2 is 2.06 bits per heavy atom. The third-order valence-electron chi connectivity index (χ3n) is 2.10. The predicted molar refractivity (Wildman–Crippen MR) is 65.9 cm³/mol. The number of hydrogen-bond donors (Lipinski definition) is 3. The molecule has 0 amide bonds. The van der Waals surface area contributed by atoms with Crippen molar-refractivity contribution in [1.82, 2.24) is 0 Å². The Kier molecular flexibility index (Phi) is 5.14. The van der Waals surface area contributed by atoms with Gasteiger partial charge in [-0.1, -0.05) is 24.2 Å². The summed E-state index contributed by atoms with van der Waals surface area (Å²) in [6.07, 6.45) is 0. The molecule has 4 nitrogen and oxygen atoms in total. The van der Waals surface area contributed by atoms with E-state index in [0.717, 1.165) is 10.6 Å². The quantitative estimate of drug-likeness (QED) is 0.240. The van der Waals surface area contributed by atoms with Crippen LogP contribution in [0.5, 0.6) is 0 Å². The van der Waals surface area contributed by atoms with Gasteiger partial charge in [0.2, 0.25) is 0 Å². The van der Waals surface area contributed by atoms with E-state index in [1.807, 2.05) is 19.1 Å². The summed E-state index contributed by atoms with van der Waals surface area (Å²) in [6, 6.07) is 7.45. The standard InChI is InChI=1S/C11H16N2O2S/c1-8(6-14)7-16-10-4-2-9(3-5-10)11(12)13-15/h2-5,8,14-15H,6-7H2,1H3,(H2,12,13). The summed E-state index contributed by atoms with van der Waals surface area (Å²) in [5, 5.41) is 20.3. The molecule has 0 spiro atoms. The van der Waals surface area contributed by atoms with Gasteiger partial charge >= 0.3 is 0 Å². The second-order valence-electron chi connectivity index (χ2n) is 3.61. The van der Waals surface area contributed by atoms with Crippen LogP contribution in [-0.4, -0.2) is 28.5 Å². The zero-order valence-electron chi connectivity index (χ0n) is 9.13. The molecule has 1 rings (SSSR count). The number of benzene rings is 1. The van der Waals surface area contributed by atoms with Crippen LogP contribution >= 0.6 is 11.8 Å². The summed E-state index contributed by atoms with van der Waals surface area (Å²) in [4.78, 5) is 1.11. The van der Waals surface area contributed by atoms with E-state index < -0.39 is 0 Å². The van der Waals surface area contributed by atoms with Crippen LogP contribution < -0.4 is 5.73 Å². The van der Waals surface area contributed by atoms with Crippen LogP contribution in [0.4, 0.5) is 0 Å². The Bertz CT molecular complexity index is 352. The van der Waals surface area contributed by atoms with E-state index in [1.54, 1.807) is 23.9 Å². The van der Waals surface area contributed by atoms with Gasteiger partial charge in [-0.3, -0.25) is 0 Å². The third kappa shape index (κ3) is 3.75. The Hall–Kier alpha value is -1.20. The number of hydrogen-bond acceptors (Lipinski definition) is 4. The maximum absolute atomic E-state index is 8.89. The van der Waals surface area contributed by atoms with Crippen molar-refractivity contribution in [2.75, 3.05) is 12.4 Å². The molecule has 0 aromatic heterocycles. The fourth-order valence-electron chi connectivity index (χ4n) is 1.07. The first-order chi connectivity index (χ1) is 7.67. The van der Waals surface area contributed by atoms with Crippen LogP contribution in [-0.2, 0) is 0 Å². The lowest BCUT2D eigenvalue weighted by Crippen LogP contribution is -2.12. The minimum absolute atomic E-state index is 0.111. The Balaban J connectivity index is 2.58. The molecule has 5 heteroatoms. The maximum atomic E-state index is 8.89. The number of aliphatic hydroxyl groups is 1. The molecule has 0 fully saturated rings. The van der Waals surface area contributed by atoms with Crippen molar-refractivity contribution in [3.05, 3.63) is 29.8 Å². The summed E-state index contributed by atoms with van der Waals surface area (Å²) in [6.45, 7) is 2.20. The van der Waals surface area contributed by atoms with Crippen molar-refractivity contribution in [1.29, 1.82) is 0 Å². The Labute approximate surface area is 99.2 Å². The normalized spacial score (nSPS) is 13.8. The van der Waals surface area contributed by atoms with Gasteiger partial charge < -0.3 is 16.0 Å². The summed E-state index contributed by atoms with van der Waals surface area (Å²) in [5.41, 5.74) is 6.14. The molecule has 0 aliphatic rings. The minimum atomic E-state index is 0.111. The smallest absolute Gasteiger partial charge is 0.170 e. The number of rotatable bonds is 5. The molecule has 0 heterocycles. The van der Waals surface area contributed by atoms with E-state index in [2.05, 4.69) is 5.16 Å². The molecule has 16 heavy (non-hydrogen) atoms. The lowest BCUT2D eigenvalue weighted by molar-refractivity contribution is 0.250. The van der Waals surface area contributed by atoms with Gasteiger partial charge in [-0.2, -0.15) is 0 Å². The summed E-state index contributed by atoms with van der Waals surface area (Å²) in [5.74, 6) is 1.27. The van der Waals surface area contributed by atoms with Crippen molar-refractivity contribution in [2.24, 2.45) is 16.8 Å². The number of nitrogens with zero attached hydrogens (tertiary/aromatic N) is 1. The van der Waals surface area contributed by atoms with E-state index in [9.17, 15) is 0 Å². The van der Waals surface area contributed by atoms with Gasteiger partial charge in [0.1, 0.15) is 0 Å². The highest BCUT2D eigenvalue weighted by Crippen LogP contribution is 2.20.